The second kappa shape index (κ2) is 9.07. The molecule has 0 aliphatic carbocycles. The normalized spacial score (nSPS) is 10.9. The van der Waals surface area contributed by atoms with Gasteiger partial charge in [-0.2, -0.15) is 4.98 Å². The Bertz CT molecular complexity index is 1460. The number of pyridine rings is 1. The molecule has 5 rings (SSSR count). The fraction of sp³-hybridized carbons (Fsp3) is 0.0741. The monoisotopic (exact) mass is 448 g/mol. The van der Waals surface area contributed by atoms with Crippen molar-refractivity contribution in [3.05, 3.63) is 102 Å². The highest BCUT2D eigenvalue weighted by Gasteiger charge is 2.09. The van der Waals surface area contributed by atoms with Crippen molar-refractivity contribution in [2.45, 2.75) is 13.3 Å². The summed E-state index contributed by atoms with van der Waals surface area (Å²) in [6.45, 7) is 2.01. The summed E-state index contributed by atoms with van der Waals surface area (Å²) < 4.78 is 1.74. The SMILES string of the molecule is Cc1ccc(N)c(Nc2nc3ccc(-c4ccc(NC(=O)Cc5ccccc5)cc4)cn3n2)c1. The number of aryl methyl sites for hydroxylation is 1. The smallest absolute Gasteiger partial charge is 0.247 e. The molecule has 7 nitrogen and oxygen atoms in total. The van der Waals surface area contributed by atoms with E-state index in [0.29, 0.717) is 18.1 Å². The first-order valence-electron chi connectivity index (χ1n) is 11.0. The van der Waals surface area contributed by atoms with Crippen LogP contribution in [0.25, 0.3) is 16.8 Å². The highest BCUT2D eigenvalue weighted by molar-refractivity contribution is 5.92. The summed E-state index contributed by atoms with van der Waals surface area (Å²) in [4.78, 5) is 16.8. The molecule has 5 aromatic rings. The van der Waals surface area contributed by atoms with Crippen LogP contribution in [0.1, 0.15) is 11.1 Å². The Hall–Kier alpha value is -4.65. The number of nitrogens with zero attached hydrogens (tertiary/aromatic N) is 3. The quantitative estimate of drug-likeness (QED) is 0.310. The lowest BCUT2D eigenvalue weighted by Crippen LogP contribution is -2.14. The highest BCUT2D eigenvalue weighted by Crippen LogP contribution is 2.25. The van der Waals surface area contributed by atoms with Crippen molar-refractivity contribution in [1.29, 1.82) is 0 Å². The van der Waals surface area contributed by atoms with Crippen LogP contribution in [0.2, 0.25) is 0 Å². The van der Waals surface area contributed by atoms with Gasteiger partial charge in [-0.1, -0.05) is 48.5 Å². The number of benzene rings is 3. The summed E-state index contributed by atoms with van der Waals surface area (Å²) in [5, 5.41) is 10.7. The number of carbonyl (C=O) groups is 1. The van der Waals surface area contributed by atoms with Gasteiger partial charge < -0.3 is 16.4 Å². The fourth-order valence-electron chi connectivity index (χ4n) is 3.74. The third-order valence-electron chi connectivity index (χ3n) is 5.50. The van der Waals surface area contributed by atoms with Crippen LogP contribution < -0.4 is 16.4 Å². The average molecular weight is 449 g/mol. The van der Waals surface area contributed by atoms with E-state index < -0.39 is 0 Å². The molecule has 3 aromatic carbocycles. The first kappa shape index (κ1) is 21.2. The molecule has 0 aliphatic rings. The Morgan fingerprint density at radius 1 is 0.941 bits per heavy atom. The van der Waals surface area contributed by atoms with Crippen molar-refractivity contribution in [1.82, 2.24) is 14.6 Å². The Kier molecular flexibility index (Phi) is 5.66. The van der Waals surface area contributed by atoms with Gasteiger partial charge in [0.05, 0.1) is 17.8 Å². The topological polar surface area (TPSA) is 97.3 Å². The zero-order valence-corrected chi connectivity index (χ0v) is 18.7. The van der Waals surface area contributed by atoms with Gasteiger partial charge in [-0.15, -0.1) is 5.10 Å². The van der Waals surface area contributed by atoms with Crippen molar-refractivity contribution in [2.75, 3.05) is 16.4 Å². The van der Waals surface area contributed by atoms with Gasteiger partial charge in [0, 0.05) is 17.4 Å². The van der Waals surface area contributed by atoms with E-state index in [2.05, 4.69) is 20.7 Å². The third-order valence-corrected chi connectivity index (χ3v) is 5.50. The molecule has 4 N–H and O–H groups in total. The Morgan fingerprint density at radius 2 is 1.71 bits per heavy atom. The number of anilines is 4. The average Bonchev–Trinajstić information content (AvgIpc) is 3.24. The molecule has 2 heterocycles. The number of nitrogens with two attached hydrogens (primary N) is 1. The number of rotatable bonds is 6. The highest BCUT2D eigenvalue weighted by atomic mass is 16.1. The van der Waals surface area contributed by atoms with Gasteiger partial charge in [-0.25, -0.2) is 4.52 Å². The van der Waals surface area contributed by atoms with E-state index in [1.54, 1.807) is 4.52 Å². The molecule has 1 amide bonds. The lowest BCUT2D eigenvalue weighted by Gasteiger charge is -2.07. The van der Waals surface area contributed by atoms with E-state index in [0.717, 1.165) is 39.3 Å². The Labute approximate surface area is 197 Å². The molecule has 0 unspecified atom stereocenters. The van der Waals surface area contributed by atoms with Crippen molar-refractivity contribution in [3.8, 4) is 11.1 Å². The van der Waals surface area contributed by atoms with Crippen molar-refractivity contribution in [3.63, 3.8) is 0 Å². The van der Waals surface area contributed by atoms with Crippen LogP contribution in [0.5, 0.6) is 0 Å². The number of carbonyl (C=O) groups excluding carboxylic acids is 1. The number of nitrogen functional groups attached to an aromatic ring is 1. The first-order chi connectivity index (χ1) is 16.5. The van der Waals surface area contributed by atoms with Crippen LogP contribution in [0.3, 0.4) is 0 Å². The molecule has 0 aliphatic heterocycles. The van der Waals surface area contributed by atoms with E-state index in [1.165, 1.54) is 0 Å². The zero-order valence-electron chi connectivity index (χ0n) is 18.7. The molecule has 0 saturated heterocycles. The van der Waals surface area contributed by atoms with Gasteiger partial charge in [0.1, 0.15) is 0 Å². The maximum atomic E-state index is 12.3. The van der Waals surface area contributed by atoms with Crippen molar-refractivity contribution in [2.24, 2.45) is 0 Å². The molecule has 0 spiro atoms. The fourth-order valence-corrected chi connectivity index (χ4v) is 3.74. The standard InChI is InChI=1S/C27H24N6O/c1-18-7-13-23(28)24(15-18)30-27-31-25-14-10-21(17-33(25)32-27)20-8-11-22(12-9-20)29-26(34)16-19-5-3-2-4-6-19/h2-15,17H,16,28H2,1H3,(H,29,34)(H,30,32). The van der Waals surface area contributed by atoms with Gasteiger partial charge in [0.15, 0.2) is 5.65 Å². The summed E-state index contributed by atoms with van der Waals surface area (Å²) in [6, 6.07) is 27.1. The number of hydrogen-bond acceptors (Lipinski definition) is 5. The molecule has 2 aromatic heterocycles. The lowest BCUT2D eigenvalue weighted by molar-refractivity contribution is -0.115. The Balaban J connectivity index is 1.30. The van der Waals surface area contributed by atoms with E-state index in [-0.39, 0.29) is 5.91 Å². The summed E-state index contributed by atoms with van der Waals surface area (Å²) in [5.74, 6) is 0.434. The second-order valence-corrected chi connectivity index (χ2v) is 8.16. The predicted molar refractivity (Wildman–Crippen MR) is 136 cm³/mol. The van der Waals surface area contributed by atoms with Crippen LogP contribution in [0, 0.1) is 6.92 Å². The van der Waals surface area contributed by atoms with Crippen LogP contribution in [-0.4, -0.2) is 20.5 Å². The molecule has 0 saturated carbocycles. The Morgan fingerprint density at radius 3 is 2.50 bits per heavy atom. The molecular formula is C27H24N6O. The van der Waals surface area contributed by atoms with Gasteiger partial charge in [0.25, 0.3) is 0 Å². The summed E-state index contributed by atoms with van der Waals surface area (Å²) >= 11 is 0. The first-order valence-corrected chi connectivity index (χ1v) is 11.0. The van der Waals surface area contributed by atoms with Crippen LogP contribution in [0.15, 0.2) is 91.1 Å². The van der Waals surface area contributed by atoms with E-state index in [4.69, 9.17) is 5.73 Å². The van der Waals surface area contributed by atoms with E-state index in [9.17, 15) is 4.79 Å². The molecule has 0 atom stereocenters. The molecule has 34 heavy (non-hydrogen) atoms. The largest absolute Gasteiger partial charge is 0.397 e. The third kappa shape index (κ3) is 4.73. The van der Waals surface area contributed by atoms with Gasteiger partial charge in [0.2, 0.25) is 11.9 Å². The van der Waals surface area contributed by atoms with E-state index in [1.807, 2.05) is 98.0 Å². The molecule has 0 fully saturated rings. The summed E-state index contributed by atoms with van der Waals surface area (Å²) in [5.41, 5.74) is 13.0. The van der Waals surface area contributed by atoms with Crippen molar-refractivity contribution >= 4 is 34.6 Å². The molecule has 0 radical (unpaired) electrons. The molecule has 168 valence electrons. The molecule has 7 heteroatoms. The zero-order chi connectivity index (χ0) is 23.5. The maximum absolute atomic E-state index is 12.3. The number of aromatic nitrogens is 3. The minimum absolute atomic E-state index is 0.0442. The number of nitrogens with one attached hydrogen (secondary N) is 2. The maximum Gasteiger partial charge on any atom is 0.247 e. The number of hydrogen-bond donors (Lipinski definition) is 3. The van der Waals surface area contributed by atoms with Crippen molar-refractivity contribution < 1.29 is 4.79 Å². The summed E-state index contributed by atoms with van der Waals surface area (Å²) in [6.07, 6.45) is 2.27. The minimum Gasteiger partial charge on any atom is -0.397 e. The van der Waals surface area contributed by atoms with Gasteiger partial charge >= 0.3 is 0 Å². The predicted octanol–water partition coefficient (Wildman–Crippen LogP) is 5.21. The van der Waals surface area contributed by atoms with Crippen LogP contribution in [0.4, 0.5) is 23.0 Å². The second-order valence-electron chi connectivity index (χ2n) is 8.16. The van der Waals surface area contributed by atoms with Gasteiger partial charge in [-0.3, -0.25) is 4.79 Å². The number of amides is 1. The summed E-state index contributed by atoms with van der Waals surface area (Å²) in [7, 11) is 0. The number of fused-ring (bicyclic) bond motifs is 1. The van der Waals surface area contributed by atoms with Crippen LogP contribution in [-0.2, 0) is 11.2 Å². The van der Waals surface area contributed by atoms with E-state index >= 15 is 0 Å². The van der Waals surface area contributed by atoms with Crippen LogP contribution >= 0.6 is 0 Å². The minimum atomic E-state index is -0.0442. The lowest BCUT2D eigenvalue weighted by atomic mass is 10.1. The van der Waals surface area contributed by atoms with Gasteiger partial charge in [-0.05, 0) is 60.0 Å². The molecule has 0 bridgehead atoms. The molecular weight excluding hydrogens is 424 g/mol.